The Morgan fingerprint density at radius 1 is 1.38 bits per heavy atom. The fourth-order valence-corrected chi connectivity index (χ4v) is 2.83. The van der Waals surface area contributed by atoms with Crippen LogP contribution in [-0.2, 0) is 24.0 Å². The molecule has 86 valence electrons. The van der Waals surface area contributed by atoms with Crippen LogP contribution >= 0.6 is 0 Å². The lowest BCUT2D eigenvalue weighted by molar-refractivity contribution is 0.279. The summed E-state index contributed by atoms with van der Waals surface area (Å²) < 4.78 is 5.37. The first-order chi connectivity index (χ1) is 7.79. The molecule has 0 unspecified atom stereocenters. The van der Waals surface area contributed by atoms with Crippen molar-refractivity contribution in [1.82, 2.24) is 10.3 Å². The van der Waals surface area contributed by atoms with E-state index in [1.165, 1.54) is 22.5 Å². The molecule has 0 aromatic carbocycles. The minimum atomic E-state index is 0.459. The average Bonchev–Trinajstić information content (AvgIpc) is 2.68. The molecular formula is C13H18N2O. The van der Waals surface area contributed by atoms with Gasteiger partial charge >= 0.3 is 0 Å². The van der Waals surface area contributed by atoms with Crippen molar-refractivity contribution in [1.29, 1.82) is 0 Å². The Morgan fingerprint density at radius 3 is 3.06 bits per heavy atom. The molecule has 3 heteroatoms. The van der Waals surface area contributed by atoms with E-state index >= 15 is 0 Å². The van der Waals surface area contributed by atoms with Gasteiger partial charge in [-0.05, 0) is 37.1 Å². The fraction of sp³-hybridized carbons (Fsp3) is 0.538. The molecule has 1 aromatic heterocycles. The summed E-state index contributed by atoms with van der Waals surface area (Å²) in [4.78, 5) is 3.59. The molecule has 2 aliphatic rings. The number of aromatic nitrogens is 1. The van der Waals surface area contributed by atoms with Crippen LogP contribution in [0.2, 0.25) is 0 Å². The van der Waals surface area contributed by atoms with Crippen LogP contribution in [0.4, 0.5) is 0 Å². The van der Waals surface area contributed by atoms with Gasteiger partial charge in [-0.2, -0.15) is 0 Å². The van der Waals surface area contributed by atoms with Crippen molar-refractivity contribution in [2.45, 2.75) is 32.2 Å². The summed E-state index contributed by atoms with van der Waals surface area (Å²) in [7, 11) is 1.76. The van der Waals surface area contributed by atoms with E-state index in [1.807, 2.05) is 0 Å². The van der Waals surface area contributed by atoms with Crippen LogP contribution in [0.5, 0.6) is 0 Å². The van der Waals surface area contributed by atoms with Gasteiger partial charge in [0.2, 0.25) is 0 Å². The molecule has 0 amide bonds. The number of hydrogen-bond acceptors (Lipinski definition) is 2. The van der Waals surface area contributed by atoms with Crippen molar-refractivity contribution in [3.05, 3.63) is 34.3 Å². The van der Waals surface area contributed by atoms with Crippen LogP contribution < -0.4 is 5.32 Å². The molecule has 16 heavy (non-hydrogen) atoms. The number of H-pyrrole nitrogens is 1. The van der Waals surface area contributed by atoms with Gasteiger partial charge in [0.15, 0.2) is 0 Å². The molecule has 0 saturated heterocycles. The summed E-state index contributed by atoms with van der Waals surface area (Å²) in [5.74, 6) is 1.11. The molecule has 1 aliphatic heterocycles. The van der Waals surface area contributed by atoms with Gasteiger partial charge in [0, 0.05) is 30.3 Å². The van der Waals surface area contributed by atoms with Gasteiger partial charge in [0.05, 0.1) is 12.9 Å². The Morgan fingerprint density at radius 2 is 2.25 bits per heavy atom. The Labute approximate surface area is 95.9 Å². The third kappa shape index (κ3) is 1.39. The SMILES string of the molecule is COC1=CCc2[nH]c3c(c2C1)CCN[C@H]3C. The van der Waals surface area contributed by atoms with Gasteiger partial charge in [0.1, 0.15) is 0 Å². The topological polar surface area (TPSA) is 37.0 Å². The minimum Gasteiger partial charge on any atom is -0.501 e. The number of rotatable bonds is 1. The second-order valence-corrected chi connectivity index (χ2v) is 4.66. The largest absolute Gasteiger partial charge is 0.501 e. The van der Waals surface area contributed by atoms with Gasteiger partial charge < -0.3 is 15.0 Å². The predicted molar refractivity (Wildman–Crippen MR) is 63.4 cm³/mol. The lowest BCUT2D eigenvalue weighted by atomic mass is 9.93. The number of fused-ring (bicyclic) bond motifs is 3. The van der Waals surface area contributed by atoms with E-state index in [4.69, 9.17) is 4.74 Å². The van der Waals surface area contributed by atoms with E-state index in [0.717, 1.165) is 31.6 Å². The first-order valence-electron chi connectivity index (χ1n) is 5.98. The molecule has 0 bridgehead atoms. The quantitative estimate of drug-likeness (QED) is 0.755. The van der Waals surface area contributed by atoms with Gasteiger partial charge in [-0.15, -0.1) is 0 Å². The van der Waals surface area contributed by atoms with Crippen LogP contribution in [-0.4, -0.2) is 18.6 Å². The Bertz CT molecular complexity index is 445. The van der Waals surface area contributed by atoms with Crippen molar-refractivity contribution in [2.75, 3.05) is 13.7 Å². The summed E-state index contributed by atoms with van der Waals surface area (Å²) in [5.41, 5.74) is 5.80. The summed E-state index contributed by atoms with van der Waals surface area (Å²) in [5, 5.41) is 3.49. The molecule has 3 nitrogen and oxygen atoms in total. The third-order valence-electron chi connectivity index (χ3n) is 3.74. The summed E-state index contributed by atoms with van der Waals surface area (Å²) in [6.45, 7) is 3.31. The first kappa shape index (κ1) is 9.97. The monoisotopic (exact) mass is 218 g/mol. The predicted octanol–water partition coefficient (Wildman–Crippen LogP) is 1.85. The van der Waals surface area contributed by atoms with Crippen LogP contribution in [0.15, 0.2) is 11.8 Å². The van der Waals surface area contributed by atoms with Gasteiger partial charge in [0.25, 0.3) is 0 Å². The van der Waals surface area contributed by atoms with E-state index in [2.05, 4.69) is 23.3 Å². The lowest BCUT2D eigenvalue weighted by Crippen LogP contribution is -2.27. The van der Waals surface area contributed by atoms with E-state index in [-0.39, 0.29) is 0 Å². The van der Waals surface area contributed by atoms with Crippen molar-refractivity contribution < 1.29 is 4.74 Å². The van der Waals surface area contributed by atoms with Crippen molar-refractivity contribution in [2.24, 2.45) is 0 Å². The first-order valence-corrected chi connectivity index (χ1v) is 5.98. The van der Waals surface area contributed by atoms with Crippen LogP contribution in [0.25, 0.3) is 0 Å². The van der Waals surface area contributed by atoms with Crippen molar-refractivity contribution in [3.8, 4) is 0 Å². The Kier molecular flexibility index (Phi) is 2.28. The molecule has 3 rings (SSSR count). The molecule has 0 radical (unpaired) electrons. The highest BCUT2D eigenvalue weighted by molar-refractivity contribution is 5.44. The van der Waals surface area contributed by atoms with Crippen LogP contribution in [0, 0.1) is 0 Å². The smallest absolute Gasteiger partial charge is 0.0964 e. The lowest BCUT2D eigenvalue weighted by Gasteiger charge is -2.21. The van der Waals surface area contributed by atoms with E-state index in [0.29, 0.717) is 6.04 Å². The zero-order valence-electron chi connectivity index (χ0n) is 9.89. The maximum atomic E-state index is 5.37. The highest BCUT2D eigenvalue weighted by Crippen LogP contribution is 2.32. The Balaban J connectivity index is 2.02. The zero-order valence-corrected chi connectivity index (χ0v) is 9.89. The molecular weight excluding hydrogens is 200 g/mol. The summed E-state index contributed by atoms with van der Waals surface area (Å²) in [6, 6.07) is 0.459. The molecule has 2 heterocycles. The van der Waals surface area contributed by atoms with Crippen LogP contribution in [0.3, 0.4) is 0 Å². The van der Waals surface area contributed by atoms with Crippen LogP contribution in [0.1, 0.15) is 35.5 Å². The summed E-state index contributed by atoms with van der Waals surface area (Å²) >= 11 is 0. The Hall–Kier alpha value is -1.22. The molecule has 1 aliphatic carbocycles. The van der Waals surface area contributed by atoms with Gasteiger partial charge in [-0.3, -0.25) is 0 Å². The zero-order chi connectivity index (χ0) is 11.1. The van der Waals surface area contributed by atoms with E-state index < -0.39 is 0 Å². The highest BCUT2D eigenvalue weighted by atomic mass is 16.5. The number of methoxy groups -OCH3 is 1. The van der Waals surface area contributed by atoms with Gasteiger partial charge in [-0.1, -0.05) is 0 Å². The average molecular weight is 218 g/mol. The fourth-order valence-electron chi connectivity index (χ4n) is 2.83. The third-order valence-corrected chi connectivity index (χ3v) is 3.74. The number of ether oxygens (including phenoxy) is 1. The number of nitrogens with one attached hydrogen (secondary N) is 2. The molecule has 0 spiro atoms. The number of aromatic amines is 1. The van der Waals surface area contributed by atoms with E-state index in [1.54, 1.807) is 7.11 Å². The highest BCUT2D eigenvalue weighted by Gasteiger charge is 2.25. The maximum absolute atomic E-state index is 5.37. The molecule has 1 aromatic rings. The van der Waals surface area contributed by atoms with E-state index in [9.17, 15) is 0 Å². The normalized spacial score (nSPS) is 23.4. The standard InChI is InChI=1S/C13H18N2O/c1-8-13-10(5-6-14-8)11-7-9(16-2)3-4-12(11)15-13/h3,8,14-15H,4-7H2,1-2H3/t8-/m0/s1. The molecule has 2 N–H and O–H groups in total. The second kappa shape index (κ2) is 3.67. The molecule has 1 atom stereocenters. The van der Waals surface area contributed by atoms with Gasteiger partial charge in [-0.25, -0.2) is 0 Å². The van der Waals surface area contributed by atoms with Crippen molar-refractivity contribution in [3.63, 3.8) is 0 Å². The molecule has 0 fully saturated rings. The minimum absolute atomic E-state index is 0.459. The molecule has 0 saturated carbocycles. The maximum Gasteiger partial charge on any atom is 0.0964 e. The second-order valence-electron chi connectivity index (χ2n) is 4.66. The summed E-state index contributed by atoms with van der Waals surface area (Å²) in [6.07, 6.45) is 5.27. The van der Waals surface area contributed by atoms with Crippen molar-refractivity contribution >= 4 is 0 Å². The number of hydrogen-bond donors (Lipinski definition) is 2. The number of allylic oxidation sites excluding steroid dienone is 2.